The fourth-order valence-electron chi connectivity index (χ4n) is 3.73. The largest absolute Gasteiger partial charge is 0.669 e. The van der Waals surface area contributed by atoms with Crippen LogP contribution in [-0.4, -0.2) is 59.3 Å². The van der Waals surface area contributed by atoms with Gasteiger partial charge in [-0.1, -0.05) is 18.3 Å². The Morgan fingerprint density at radius 1 is 1.40 bits per heavy atom. The lowest BCUT2D eigenvalue weighted by molar-refractivity contribution is -0.255. The summed E-state index contributed by atoms with van der Waals surface area (Å²) in [6.07, 6.45) is 0.239. The number of carboxylic acid groups (broad SMARTS) is 1. The molecule has 4 rings (SSSR count). The van der Waals surface area contributed by atoms with Gasteiger partial charge in [-0.15, -0.1) is 0 Å². The van der Waals surface area contributed by atoms with E-state index in [9.17, 15) is 24.7 Å². The van der Waals surface area contributed by atoms with Gasteiger partial charge in [-0.3, -0.25) is 9.69 Å². The molecule has 2 heterocycles. The molecule has 2 unspecified atom stereocenters. The molecular formula is C15H17BN2O7-2. The molecule has 1 aliphatic carbocycles. The molecule has 9 nitrogen and oxygen atoms in total. The number of amides is 1. The molecule has 0 spiro atoms. The number of carbonyl (C=O) groups excluding carboxylic acids is 2. The Bertz CT molecular complexity index is 762. The van der Waals surface area contributed by atoms with Gasteiger partial charge in [0.05, 0.1) is 23.8 Å². The highest BCUT2D eigenvalue weighted by molar-refractivity contribution is 6.62. The number of carbonyl (C=O) groups is 2. The number of carboxylic acids is 1. The molecule has 1 amide bonds. The van der Waals surface area contributed by atoms with E-state index in [0.717, 1.165) is 0 Å². The van der Waals surface area contributed by atoms with Gasteiger partial charge in [-0.05, 0) is 17.5 Å². The van der Waals surface area contributed by atoms with Crippen LogP contribution in [0.3, 0.4) is 0 Å². The topological polar surface area (TPSA) is 145 Å². The Balaban J connectivity index is 1.58. The van der Waals surface area contributed by atoms with E-state index in [1.54, 1.807) is 11.0 Å². The van der Waals surface area contributed by atoms with Crippen molar-refractivity contribution >= 4 is 18.6 Å². The van der Waals surface area contributed by atoms with Gasteiger partial charge < -0.3 is 35.1 Å². The first-order chi connectivity index (χ1) is 11.8. The molecule has 0 bridgehead atoms. The Hall–Kier alpha value is -2.30. The molecule has 0 aromatic heterocycles. The predicted molar refractivity (Wildman–Crippen MR) is 82.8 cm³/mol. The number of rotatable bonds is 5. The molecule has 3 aliphatic rings. The average molecular weight is 348 g/mol. The van der Waals surface area contributed by atoms with Crippen molar-refractivity contribution in [1.29, 1.82) is 0 Å². The Kier molecular flexibility index (Phi) is 3.46. The second-order valence-electron chi connectivity index (χ2n) is 6.93. The van der Waals surface area contributed by atoms with Gasteiger partial charge in [0.2, 0.25) is 5.91 Å². The normalized spacial score (nSPS) is 26.6. The lowest BCUT2D eigenvalue weighted by Gasteiger charge is -2.40. The number of fused-ring (bicyclic) bond motifs is 3. The zero-order valence-electron chi connectivity index (χ0n) is 13.3. The van der Waals surface area contributed by atoms with E-state index in [0.29, 0.717) is 25.1 Å². The van der Waals surface area contributed by atoms with Crippen LogP contribution in [0.4, 0.5) is 0 Å². The van der Waals surface area contributed by atoms with Crippen LogP contribution in [-0.2, 0) is 4.79 Å². The maximum Gasteiger partial charge on any atom is 0.434 e. The smallest absolute Gasteiger partial charge is 0.434 e. The Morgan fingerprint density at radius 2 is 2.12 bits per heavy atom. The van der Waals surface area contributed by atoms with Crippen molar-refractivity contribution in [1.82, 2.24) is 4.90 Å². The van der Waals surface area contributed by atoms with E-state index in [2.05, 4.69) is 0 Å². The molecule has 1 saturated heterocycles. The van der Waals surface area contributed by atoms with Gasteiger partial charge in [0, 0.05) is 13.1 Å². The standard InChI is InChI=1S/C15H18BN2O7/c17-12(19)6-18-4-7(5-18)24-11-2-1-8-9-3-10(9)16(22,23)25-14(8)13(11)15(20)21/h1-2,7,9-10,22-23H,3-6H2,(H2,17,19)(H,20,21)/q-1/p-1. The zero-order chi connectivity index (χ0) is 17.9. The van der Waals surface area contributed by atoms with Crippen molar-refractivity contribution in [3.8, 4) is 11.5 Å². The molecule has 1 saturated carbocycles. The number of nitrogens with two attached hydrogens (primary N) is 1. The van der Waals surface area contributed by atoms with Crippen molar-refractivity contribution in [3.05, 3.63) is 23.3 Å². The minimum Gasteiger partial charge on any atom is -0.669 e. The summed E-state index contributed by atoms with van der Waals surface area (Å²) in [5.74, 6) is -2.52. The summed E-state index contributed by atoms with van der Waals surface area (Å²) in [5, 5.41) is 31.6. The maximum absolute atomic E-state index is 11.6. The summed E-state index contributed by atoms with van der Waals surface area (Å²) >= 11 is 0. The third-order valence-electron chi connectivity index (χ3n) is 5.04. The van der Waals surface area contributed by atoms with E-state index in [4.69, 9.17) is 15.1 Å². The number of likely N-dealkylation sites (tertiary alicyclic amines) is 1. The highest BCUT2D eigenvalue weighted by atomic mass is 16.6. The van der Waals surface area contributed by atoms with Crippen molar-refractivity contribution in [2.24, 2.45) is 5.73 Å². The Labute approximate surface area is 142 Å². The van der Waals surface area contributed by atoms with Crippen LogP contribution in [0.1, 0.15) is 28.3 Å². The fraction of sp³-hybridized carbons (Fsp3) is 0.467. The van der Waals surface area contributed by atoms with Gasteiger partial charge in [-0.25, -0.2) is 0 Å². The first-order valence-electron chi connectivity index (χ1n) is 8.10. The van der Waals surface area contributed by atoms with Gasteiger partial charge >= 0.3 is 6.75 Å². The molecular weight excluding hydrogens is 331 g/mol. The van der Waals surface area contributed by atoms with E-state index >= 15 is 0 Å². The molecule has 1 aromatic rings. The van der Waals surface area contributed by atoms with Gasteiger partial charge in [0.25, 0.3) is 0 Å². The first kappa shape index (κ1) is 16.2. The summed E-state index contributed by atoms with van der Waals surface area (Å²) in [4.78, 5) is 24.3. The first-order valence-corrected chi connectivity index (χ1v) is 8.10. The summed E-state index contributed by atoms with van der Waals surface area (Å²) < 4.78 is 10.9. The van der Waals surface area contributed by atoms with Crippen molar-refractivity contribution in [2.45, 2.75) is 24.3 Å². The SMILES string of the molecule is NC(=O)CN1CC(Oc2ccc3c(c2C(=O)[O-])O[B-](O)(O)C2CC32)C1. The molecule has 2 aliphatic heterocycles. The van der Waals surface area contributed by atoms with Crippen LogP contribution in [0, 0.1) is 0 Å². The average Bonchev–Trinajstić information content (AvgIpc) is 3.25. The minimum atomic E-state index is -3.09. The highest BCUT2D eigenvalue weighted by Gasteiger charge is 2.55. The molecule has 25 heavy (non-hydrogen) atoms. The highest BCUT2D eigenvalue weighted by Crippen LogP contribution is 2.63. The summed E-state index contributed by atoms with van der Waals surface area (Å²) in [7, 11) is 0. The minimum absolute atomic E-state index is 0.0492. The second kappa shape index (κ2) is 5.35. The van der Waals surface area contributed by atoms with Gasteiger partial charge in [0.1, 0.15) is 11.9 Å². The molecule has 2 fully saturated rings. The zero-order valence-corrected chi connectivity index (χ0v) is 13.3. The lowest BCUT2D eigenvalue weighted by Crippen LogP contribution is -2.56. The molecule has 2 atom stereocenters. The van der Waals surface area contributed by atoms with Crippen molar-refractivity contribution < 1.29 is 34.1 Å². The van der Waals surface area contributed by atoms with Crippen molar-refractivity contribution in [2.75, 3.05) is 19.6 Å². The number of primary amides is 1. The van der Waals surface area contributed by atoms with Crippen LogP contribution in [0.25, 0.3) is 0 Å². The lowest BCUT2D eigenvalue weighted by atomic mass is 9.68. The van der Waals surface area contributed by atoms with Crippen molar-refractivity contribution in [3.63, 3.8) is 0 Å². The summed E-state index contributed by atoms with van der Waals surface area (Å²) in [6, 6.07) is 3.22. The fourth-order valence-corrected chi connectivity index (χ4v) is 3.73. The second-order valence-corrected chi connectivity index (χ2v) is 6.93. The number of aromatic carboxylic acids is 1. The van der Waals surface area contributed by atoms with E-state index in [1.807, 2.05) is 0 Å². The van der Waals surface area contributed by atoms with Gasteiger partial charge in [0.15, 0.2) is 0 Å². The number of hydrogen-bond donors (Lipinski definition) is 3. The number of ether oxygens (including phenoxy) is 1. The van der Waals surface area contributed by atoms with E-state index in [-0.39, 0.29) is 35.6 Å². The van der Waals surface area contributed by atoms with Crippen LogP contribution in [0.15, 0.2) is 12.1 Å². The van der Waals surface area contributed by atoms with Crippen LogP contribution >= 0.6 is 0 Å². The van der Waals surface area contributed by atoms with Gasteiger partial charge in [-0.2, -0.15) is 0 Å². The maximum atomic E-state index is 11.6. The van der Waals surface area contributed by atoms with Crippen LogP contribution in [0.2, 0.25) is 5.82 Å². The Morgan fingerprint density at radius 3 is 2.76 bits per heavy atom. The predicted octanol–water partition coefficient (Wildman–Crippen LogP) is -2.23. The molecule has 134 valence electrons. The number of benzene rings is 1. The molecule has 4 N–H and O–H groups in total. The van der Waals surface area contributed by atoms with Crippen LogP contribution in [0.5, 0.6) is 11.5 Å². The molecule has 1 aromatic carbocycles. The number of nitrogens with zero attached hydrogens (tertiary/aromatic N) is 1. The monoisotopic (exact) mass is 348 g/mol. The van der Waals surface area contributed by atoms with Crippen LogP contribution < -0.4 is 20.2 Å². The quantitative estimate of drug-likeness (QED) is 0.507. The summed E-state index contributed by atoms with van der Waals surface area (Å²) in [6.45, 7) is -2.10. The molecule has 0 radical (unpaired) electrons. The number of hydrogen-bond acceptors (Lipinski definition) is 8. The molecule has 10 heteroatoms. The summed E-state index contributed by atoms with van der Waals surface area (Å²) in [5.41, 5.74) is 5.43. The van der Waals surface area contributed by atoms with E-state index < -0.39 is 24.4 Å². The van der Waals surface area contributed by atoms with E-state index in [1.165, 1.54) is 6.07 Å². The third-order valence-corrected chi connectivity index (χ3v) is 5.04. The third kappa shape index (κ3) is 2.72.